The van der Waals surface area contributed by atoms with E-state index in [4.69, 9.17) is 10.5 Å². The first-order chi connectivity index (χ1) is 7.00. The summed E-state index contributed by atoms with van der Waals surface area (Å²) in [4.78, 5) is 13.0. The van der Waals surface area contributed by atoms with Gasteiger partial charge in [-0.15, -0.1) is 0 Å². The van der Waals surface area contributed by atoms with Gasteiger partial charge in [0.25, 0.3) is 5.91 Å². The van der Waals surface area contributed by atoms with E-state index < -0.39 is 6.10 Å². The number of rotatable bonds is 3. The molecule has 1 amide bonds. The predicted octanol–water partition coefficient (Wildman–Crippen LogP) is 1.12. The topological polar surface area (TPSA) is 55.6 Å². The molecule has 1 aromatic carbocycles. The van der Waals surface area contributed by atoms with E-state index in [0.717, 1.165) is 0 Å². The third-order valence-electron chi connectivity index (χ3n) is 1.98. The third kappa shape index (κ3) is 3.16. The van der Waals surface area contributed by atoms with Crippen molar-refractivity contribution < 1.29 is 9.53 Å². The van der Waals surface area contributed by atoms with Gasteiger partial charge in [0.05, 0.1) is 0 Å². The number of carbonyl (C=O) groups is 1. The number of nitrogen functional groups attached to an aromatic ring is 1. The molecule has 0 aliphatic heterocycles. The molecule has 2 N–H and O–H groups in total. The Labute approximate surface area is 89.6 Å². The lowest BCUT2D eigenvalue weighted by molar-refractivity contribution is -0.135. The first kappa shape index (κ1) is 11.4. The molecule has 0 fully saturated rings. The van der Waals surface area contributed by atoms with Gasteiger partial charge in [-0.2, -0.15) is 0 Å². The summed E-state index contributed by atoms with van der Waals surface area (Å²) in [5.74, 6) is 0.582. The molecule has 0 aromatic heterocycles. The SMILES string of the molecule is CC(Oc1ccc(N)cc1)C(=O)N(C)C. The second-order valence-corrected chi connectivity index (χ2v) is 3.56. The van der Waals surface area contributed by atoms with E-state index in [1.807, 2.05) is 0 Å². The smallest absolute Gasteiger partial charge is 0.262 e. The van der Waals surface area contributed by atoms with Crippen LogP contribution in [0.25, 0.3) is 0 Å². The summed E-state index contributed by atoms with van der Waals surface area (Å²) < 4.78 is 5.45. The van der Waals surface area contributed by atoms with Crippen molar-refractivity contribution in [2.24, 2.45) is 0 Å². The zero-order valence-corrected chi connectivity index (χ0v) is 9.23. The summed E-state index contributed by atoms with van der Waals surface area (Å²) in [6, 6.07) is 6.97. The molecule has 4 heteroatoms. The highest BCUT2D eigenvalue weighted by molar-refractivity contribution is 5.80. The van der Waals surface area contributed by atoms with Gasteiger partial charge in [0.1, 0.15) is 5.75 Å². The Morgan fingerprint density at radius 3 is 2.33 bits per heavy atom. The van der Waals surface area contributed by atoms with Gasteiger partial charge in [-0.05, 0) is 31.2 Å². The molecular formula is C11H16N2O2. The van der Waals surface area contributed by atoms with Gasteiger partial charge < -0.3 is 15.4 Å². The average Bonchev–Trinajstić information content (AvgIpc) is 2.20. The van der Waals surface area contributed by atoms with Crippen LogP contribution in [0.4, 0.5) is 5.69 Å². The quantitative estimate of drug-likeness (QED) is 0.757. The lowest BCUT2D eigenvalue weighted by Crippen LogP contribution is -2.35. The van der Waals surface area contributed by atoms with Crippen molar-refractivity contribution in [2.45, 2.75) is 13.0 Å². The van der Waals surface area contributed by atoms with E-state index in [0.29, 0.717) is 11.4 Å². The second-order valence-electron chi connectivity index (χ2n) is 3.56. The van der Waals surface area contributed by atoms with E-state index in [1.54, 1.807) is 45.3 Å². The molecule has 0 saturated carbocycles. The lowest BCUT2D eigenvalue weighted by atomic mass is 10.3. The number of hydrogen-bond donors (Lipinski definition) is 1. The fraction of sp³-hybridized carbons (Fsp3) is 0.364. The molecule has 4 nitrogen and oxygen atoms in total. The van der Waals surface area contributed by atoms with Crippen LogP contribution in [0, 0.1) is 0 Å². The van der Waals surface area contributed by atoms with E-state index >= 15 is 0 Å². The number of likely N-dealkylation sites (N-methyl/N-ethyl adjacent to an activating group) is 1. The molecule has 1 rings (SSSR count). The van der Waals surface area contributed by atoms with E-state index in [1.165, 1.54) is 4.90 Å². The summed E-state index contributed by atoms with van der Waals surface area (Å²) in [5.41, 5.74) is 6.21. The van der Waals surface area contributed by atoms with Crippen molar-refractivity contribution in [1.82, 2.24) is 4.90 Å². The van der Waals surface area contributed by atoms with Gasteiger partial charge >= 0.3 is 0 Å². The zero-order valence-electron chi connectivity index (χ0n) is 9.23. The lowest BCUT2D eigenvalue weighted by Gasteiger charge is -2.18. The van der Waals surface area contributed by atoms with E-state index in [-0.39, 0.29) is 5.91 Å². The van der Waals surface area contributed by atoms with Crippen LogP contribution in [0.3, 0.4) is 0 Å². The molecule has 0 saturated heterocycles. The fourth-order valence-corrected chi connectivity index (χ4v) is 1.16. The Morgan fingerprint density at radius 1 is 1.33 bits per heavy atom. The van der Waals surface area contributed by atoms with Crippen molar-refractivity contribution in [1.29, 1.82) is 0 Å². The number of benzene rings is 1. The maximum Gasteiger partial charge on any atom is 0.262 e. The van der Waals surface area contributed by atoms with Crippen molar-refractivity contribution >= 4 is 11.6 Å². The molecular weight excluding hydrogens is 192 g/mol. The van der Waals surface area contributed by atoms with Gasteiger partial charge in [-0.25, -0.2) is 0 Å². The standard InChI is InChI=1S/C11H16N2O2/c1-8(11(14)13(2)3)15-10-6-4-9(12)5-7-10/h4-8H,12H2,1-3H3. The number of nitrogens with zero attached hydrogens (tertiary/aromatic N) is 1. The van der Waals surface area contributed by atoms with Gasteiger partial charge in [0.15, 0.2) is 6.10 Å². The number of ether oxygens (including phenoxy) is 1. The summed E-state index contributed by atoms with van der Waals surface area (Å²) in [7, 11) is 3.40. The third-order valence-corrected chi connectivity index (χ3v) is 1.98. The summed E-state index contributed by atoms with van der Waals surface area (Å²) in [6.07, 6.45) is -0.483. The fourth-order valence-electron chi connectivity index (χ4n) is 1.16. The van der Waals surface area contributed by atoms with Crippen LogP contribution in [0.1, 0.15) is 6.92 Å². The monoisotopic (exact) mass is 208 g/mol. The Balaban J connectivity index is 2.62. The molecule has 0 radical (unpaired) electrons. The van der Waals surface area contributed by atoms with Gasteiger partial charge in [0, 0.05) is 19.8 Å². The van der Waals surface area contributed by atoms with Crippen LogP contribution in [0.15, 0.2) is 24.3 Å². The highest BCUT2D eigenvalue weighted by Gasteiger charge is 2.15. The Morgan fingerprint density at radius 2 is 1.87 bits per heavy atom. The molecule has 0 heterocycles. The maximum atomic E-state index is 11.5. The van der Waals surface area contributed by atoms with Crippen LogP contribution in [-0.2, 0) is 4.79 Å². The van der Waals surface area contributed by atoms with Crippen molar-refractivity contribution in [3.63, 3.8) is 0 Å². The number of amides is 1. The van der Waals surface area contributed by atoms with Crippen molar-refractivity contribution in [3.05, 3.63) is 24.3 Å². The largest absolute Gasteiger partial charge is 0.481 e. The first-order valence-corrected chi connectivity index (χ1v) is 4.74. The van der Waals surface area contributed by atoms with Crippen LogP contribution in [0.5, 0.6) is 5.75 Å². The van der Waals surface area contributed by atoms with Crippen molar-refractivity contribution in [2.75, 3.05) is 19.8 Å². The van der Waals surface area contributed by atoms with Gasteiger partial charge in [-0.3, -0.25) is 4.79 Å². The average molecular weight is 208 g/mol. The van der Waals surface area contributed by atoms with Crippen LogP contribution < -0.4 is 10.5 Å². The zero-order chi connectivity index (χ0) is 11.4. The van der Waals surface area contributed by atoms with Crippen LogP contribution in [0.2, 0.25) is 0 Å². The predicted molar refractivity (Wildman–Crippen MR) is 59.6 cm³/mol. The molecule has 0 aliphatic rings. The second kappa shape index (κ2) is 4.68. The van der Waals surface area contributed by atoms with Crippen LogP contribution >= 0.6 is 0 Å². The molecule has 15 heavy (non-hydrogen) atoms. The molecule has 0 aliphatic carbocycles. The molecule has 0 bridgehead atoms. The molecule has 1 atom stereocenters. The number of nitrogens with two attached hydrogens (primary N) is 1. The molecule has 1 unspecified atom stereocenters. The minimum Gasteiger partial charge on any atom is -0.481 e. The summed E-state index contributed by atoms with van der Waals surface area (Å²) in [5, 5.41) is 0. The number of anilines is 1. The number of hydrogen-bond acceptors (Lipinski definition) is 3. The Kier molecular flexibility index (Phi) is 3.55. The molecule has 1 aromatic rings. The number of carbonyl (C=O) groups excluding carboxylic acids is 1. The summed E-state index contributed by atoms with van der Waals surface area (Å²) in [6.45, 7) is 1.72. The van der Waals surface area contributed by atoms with E-state index in [2.05, 4.69) is 0 Å². The van der Waals surface area contributed by atoms with Gasteiger partial charge in [-0.1, -0.05) is 0 Å². The highest BCUT2D eigenvalue weighted by atomic mass is 16.5. The molecule has 82 valence electrons. The van der Waals surface area contributed by atoms with Crippen molar-refractivity contribution in [3.8, 4) is 5.75 Å². The van der Waals surface area contributed by atoms with Gasteiger partial charge in [0.2, 0.25) is 0 Å². The van der Waals surface area contributed by atoms with E-state index in [9.17, 15) is 4.79 Å². The maximum absolute atomic E-state index is 11.5. The van der Waals surface area contributed by atoms with Crippen LogP contribution in [-0.4, -0.2) is 31.0 Å². The highest BCUT2D eigenvalue weighted by Crippen LogP contribution is 2.15. The Bertz CT molecular complexity index is 333. The minimum atomic E-state index is -0.483. The normalized spacial score (nSPS) is 11.9. The summed E-state index contributed by atoms with van der Waals surface area (Å²) >= 11 is 0. The molecule has 0 spiro atoms. The first-order valence-electron chi connectivity index (χ1n) is 4.74. The Hall–Kier alpha value is -1.71. The minimum absolute atomic E-state index is 0.0631.